The fraction of sp³-hybridized carbons (Fsp3) is 0.304. The van der Waals surface area contributed by atoms with Gasteiger partial charge in [-0.3, -0.25) is 0 Å². The summed E-state index contributed by atoms with van der Waals surface area (Å²) in [6.45, 7) is 8.50. The zero-order valence-electron chi connectivity index (χ0n) is 16.5. The van der Waals surface area contributed by atoms with Gasteiger partial charge in [-0.25, -0.2) is 4.79 Å². The van der Waals surface area contributed by atoms with Crippen molar-refractivity contribution < 1.29 is 9.53 Å². The summed E-state index contributed by atoms with van der Waals surface area (Å²) < 4.78 is 8.48. The first-order valence-corrected chi connectivity index (χ1v) is 10.0. The third kappa shape index (κ3) is 4.28. The summed E-state index contributed by atoms with van der Waals surface area (Å²) in [6, 6.07) is 13.6. The largest absolute Gasteiger partial charge is 0.456 e. The van der Waals surface area contributed by atoms with E-state index in [9.17, 15) is 10.1 Å². The second-order valence-electron chi connectivity index (χ2n) is 7.77. The van der Waals surface area contributed by atoms with Crippen molar-refractivity contribution in [1.82, 2.24) is 4.57 Å². The van der Waals surface area contributed by atoms with Gasteiger partial charge >= 0.3 is 5.97 Å². The number of rotatable bonds is 4. The highest BCUT2D eigenvalue weighted by Crippen LogP contribution is 2.28. The smallest absolute Gasteiger partial charge is 0.338 e. The summed E-state index contributed by atoms with van der Waals surface area (Å²) >= 11 is 3.61. The van der Waals surface area contributed by atoms with Crippen molar-refractivity contribution >= 4 is 32.8 Å². The zero-order valence-corrected chi connectivity index (χ0v) is 18.1. The molecule has 0 aliphatic heterocycles. The standard InChI is InChI=1S/C23H23BrN2O2/c1-5-26-14-18(19-9-6-15(13-25)10-21(19)26)11-16-7-8-17(12-20(16)24)22(27)28-23(2,3)4/h6-10,12,14H,5,11H2,1-4H3. The molecule has 2 aromatic carbocycles. The van der Waals surface area contributed by atoms with Crippen LogP contribution in [0.5, 0.6) is 0 Å². The molecule has 0 spiro atoms. The third-order valence-electron chi connectivity index (χ3n) is 4.50. The number of nitriles is 1. The maximum absolute atomic E-state index is 12.3. The van der Waals surface area contributed by atoms with Crippen molar-refractivity contribution in [3.8, 4) is 6.07 Å². The van der Waals surface area contributed by atoms with E-state index in [1.807, 2.05) is 51.1 Å². The van der Waals surface area contributed by atoms with E-state index >= 15 is 0 Å². The summed E-state index contributed by atoms with van der Waals surface area (Å²) in [5, 5.41) is 10.3. The first-order chi connectivity index (χ1) is 13.2. The van der Waals surface area contributed by atoms with Crippen LogP contribution in [0.25, 0.3) is 10.9 Å². The van der Waals surface area contributed by atoms with Gasteiger partial charge in [0.25, 0.3) is 0 Å². The fourth-order valence-corrected chi connectivity index (χ4v) is 3.72. The Labute approximate surface area is 173 Å². The van der Waals surface area contributed by atoms with E-state index in [2.05, 4.69) is 39.7 Å². The molecule has 3 rings (SSSR count). The lowest BCUT2D eigenvalue weighted by Gasteiger charge is -2.19. The second kappa shape index (κ2) is 7.81. The molecule has 0 unspecified atom stereocenters. The number of benzene rings is 2. The number of esters is 1. The Balaban J connectivity index is 1.92. The van der Waals surface area contributed by atoms with Crippen molar-refractivity contribution in [2.45, 2.75) is 46.3 Å². The average Bonchev–Trinajstić information content (AvgIpc) is 2.98. The van der Waals surface area contributed by atoms with Crippen LogP contribution in [0.1, 0.15) is 54.7 Å². The number of aromatic nitrogens is 1. The number of nitrogens with zero attached hydrogens (tertiary/aromatic N) is 2. The van der Waals surface area contributed by atoms with E-state index in [-0.39, 0.29) is 5.97 Å². The molecule has 1 heterocycles. The number of fused-ring (bicyclic) bond motifs is 1. The first kappa shape index (κ1) is 20.2. The highest BCUT2D eigenvalue weighted by Gasteiger charge is 2.19. The molecule has 0 amide bonds. The Hall–Kier alpha value is -2.58. The minimum atomic E-state index is -0.521. The molecule has 0 saturated carbocycles. The fourth-order valence-electron chi connectivity index (χ4n) is 3.20. The van der Waals surface area contributed by atoms with Crippen LogP contribution in [0.2, 0.25) is 0 Å². The molecule has 0 aliphatic rings. The number of hydrogen-bond acceptors (Lipinski definition) is 3. The van der Waals surface area contributed by atoms with Gasteiger partial charge in [-0.1, -0.05) is 28.1 Å². The Kier molecular flexibility index (Phi) is 5.62. The van der Waals surface area contributed by atoms with E-state index < -0.39 is 5.60 Å². The summed E-state index contributed by atoms with van der Waals surface area (Å²) in [6.07, 6.45) is 2.87. The number of aryl methyl sites for hydroxylation is 1. The van der Waals surface area contributed by atoms with E-state index in [4.69, 9.17) is 4.74 Å². The molecule has 0 bridgehead atoms. The molecule has 4 nitrogen and oxygen atoms in total. The molecule has 1 aromatic heterocycles. The Morgan fingerprint density at radius 3 is 2.54 bits per heavy atom. The van der Waals surface area contributed by atoms with Crippen LogP contribution in [0, 0.1) is 11.3 Å². The van der Waals surface area contributed by atoms with Crippen LogP contribution >= 0.6 is 15.9 Å². The molecule has 28 heavy (non-hydrogen) atoms. The SMILES string of the molecule is CCn1cc(Cc2ccc(C(=O)OC(C)(C)C)cc2Br)c2ccc(C#N)cc21. The molecule has 0 saturated heterocycles. The number of ether oxygens (including phenoxy) is 1. The number of carbonyl (C=O) groups excluding carboxylic acids is 1. The van der Waals surface area contributed by atoms with Crippen molar-refractivity contribution in [3.05, 3.63) is 69.3 Å². The van der Waals surface area contributed by atoms with Gasteiger partial charge in [-0.05, 0) is 63.1 Å². The summed E-state index contributed by atoms with van der Waals surface area (Å²) in [5.74, 6) is -0.327. The average molecular weight is 439 g/mol. The van der Waals surface area contributed by atoms with Crippen LogP contribution in [-0.4, -0.2) is 16.1 Å². The van der Waals surface area contributed by atoms with Crippen molar-refractivity contribution in [2.24, 2.45) is 0 Å². The van der Waals surface area contributed by atoms with Crippen LogP contribution in [-0.2, 0) is 17.7 Å². The predicted molar refractivity (Wildman–Crippen MR) is 114 cm³/mol. The highest BCUT2D eigenvalue weighted by molar-refractivity contribution is 9.10. The van der Waals surface area contributed by atoms with E-state index in [1.54, 1.807) is 6.07 Å². The Morgan fingerprint density at radius 2 is 1.93 bits per heavy atom. The normalized spacial score (nSPS) is 11.4. The molecule has 5 heteroatoms. The molecule has 0 aliphatic carbocycles. The summed E-state index contributed by atoms with van der Waals surface area (Å²) in [4.78, 5) is 12.3. The van der Waals surface area contributed by atoms with Crippen LogP contribution < -0.4 is 0 Å². The molecule has 0 radical (unpaired) electrons. The van der Waals surface area contributed by atoms with Crippen LogP contribution in [0.3, 0.4) is 0 Å². The van der Waals surface area contributed by atoms with Crippen molar-refractivity contribution in [2.75, 3.05) is 0 Å². The molecule has 0 fully saturated rings. The summed E-state index contributed by atoms with van der Waals surface area (Å²) in [5.41, 5.74) is 4.01. The molecule has 144 valence electrons. The molecule has 0 atom stereocenters. The first-order valence-electron chi connectivity index (χ1n) is 9.25. The topological polar surface area (TPSA) is 55.0 Å². The zero-order chi connectivity index (χ0) is 20.5. The number of carbonyl (C=O) groups is 1. The minimum Gasteiger partial charge on any atom is -0.456 e. The maximum atomic E-state index is 12.3. The van der Waals surface area contributed by atoms with Crippen LogP contribution in [0.4, 0.5) is 0 Å². The van der Waals surface area contributed by atoms with Gasteiger partial charge in [0.1, 0.15) is 5.60 Å². The van der Waals surface area contributed by atoms with Gasteiger partial charge in [0.15, 0.2) is 0 Å². The highest BCUT2D eigenvalue weighted by atomic mass is 79.9. The second-order valence-corrected chi connectivity index (χ2v) is 8.62. The van der Waals surface area contributed by atoms with E-state index in [0.717, 1.165) is 33.9 Å². The lowest BCUT2D eigenvalue weighted by atomic mass is 10.0. The number of halogens is 1. The van der Waals surface area contributed by atoms with E-state index in [1.165, 1.54) is 5.56 Å². The quantitative estimate of drug-likeness (QED) is 0.480. The van der Waals surface area contributed by atoms with Crippen LogP contribution in [0.15, 0.2) is 47.1 Å². The van der Waals surface area contributed by atoms with Crippen molar-refractivity contribution in [1.29, 1.82) is 5.26 Å². The van der Waals surface area contributed by atoms with Gasteiger partial charge in [-0.2, -0.15) is 5.26 Å². The lowest BCUT2D eigenvalue weighted by Crippen LogP contribution is -2.23. The number of hydrogen-bond donors (Lipinski definition) is 0. The summed E-state index contributed by atoms with van der Waals surface area (Å²) in [7, 11) is 0. The van der Waals surface area contributed by atoms with Gasteiger partial charge < -0.3 is 9.30 Å². The third-order valence-corrected chi connectivity index (χ3v) is 5.24. The molecule has 0 N–H and O–H groups in total. The monoisotopic (exact) mass is 438 g/mol. The van der Waals surface area contributed by atoms with Gasteiger partial charge in [-0.15, -0.1) is 0 Å². The minimum absolute atomic E-state index is 0.327. The molecular weight excluding hydrogens is 416 g/mol. The predicted octanol–water partition coefficient (Wildman–Crippen LogP) is 5.84. The molecule has 3 aromatic rings. The molecular formula is C23H23BrN2O2. The van der Waals surface area contributed by atoms with Gasteiger partial charge in [0.2, 0.25) is 0 Å². The Morgan fingerprint density at radius 1 is 1.18 bits per heavy atom. The van der Waals surface area contributed by atoms with Gasteiger partial charge in [0.05, 0.1) is 17.2 Å². The Bertz CT molecular complexity index is 1080. The lowest BCUT2D eigenvalue weighted by molar-refractivity contribution is 0.00694. The van der Waals surface area contributed by atoms with E-state index in [0.29, 0.717) is 11.1 Å². The van der Waals surface area contributed by atoms with Crippen molar-refractivity contribution in [3.63, 3.8) is 0 Å². The maximum Gasteiger partial charge on any atom is 0.338 e. The van der Waals surface area contributed by atoms with Gasteiger partial charge in [0, 0.05) is 34.5 Å².